The van der Waals surface area contributed by atoms with Gasteiger partial charge in [-0.2, -0.15) is 4.98 Å². The Hall–Kier alpha value is -1.60. The van der Waals surface area contributed by atoms with Gasteiger partial charge in [-0.1, -0.05) is 24.4 Å². The summed E-state index contributed by atoms with van der Waals surface area (Å²) in [5, 5.41) is 20.6. The number of nitrogen functional groups attached to an aromatic ring is 1. The van der Waals surface area contributed by atoms with Crippen LogP contribution >= 0.6 is 11.6 Å². The molecule has 1 aliphatic heterocycles. The molecule has 1 aliphatic carbocycles. The minimum absolute atomic E-state index is 0.108. The van der Waals surface area contributed by atoms with Gasteiger partial charge in [-0.25, -0.2) is 4.98 Å². The molecule has 126 valence electrons. The smallest absolute Gasteiger partial charge is 0.314 e. The van der Waals surface area contributed by atoms with Crippen LogP contribution in [0.15, 0.2) is 0 Å². The van der Waals surface area contributed by atoms with Crippen LogP contribution in [0.4, 0.5) is 11.8 Å². The number of halogens is 1. The lowest BCUT2D eigenvalue weighted by Crippen LogP contribution is -2.56. The quantitative estimate of drug-likeness (QED) is 0.760. The molecule has 1 saturated carbocycles. The average molecular weight is 341 g/mol. The van der Waals surface area contributed by atoms with Crippen LogP contribution in [0.25, 0.3) is 0 Å². The van der Waals surface area contributed by atoms with Crippen LogP contribution in [-0.4, -0.2) is 45.3 Å². The summed E-state index contributed by atoms with van der Waals surface area (Å²) < 4.78 is 0. The van der Waals surface area contributed by atoms with Crippen LogP contribution in [0.3, 0.4) is 0 Å². The second-order valence-electron chi connectivity index (χ2n) is 6.64. The highest BCUT2D eigenvalue weighted by molar-refractivity contribution is 6.33. The van der Waals surface area contributed by atoms with Crippen LogP contribution in [0.5, 0.6) is 0 Å². The van der Waals surface area contributed by atoms with E-state index >= 15 is 0 Å². The highest BCUT2D eigenvalue weighted by Crippen LogP contribution is 2.46. The van der Waals surface area contributed by atoms with E-state index in [2.05, 4.69) is 9.97 Å². The van der Waals surface area contributed by atoms with Crippen molar-refractivity contribution in [2.75, 3.05) is 23.7 Å². The zero-order valence-electron chi connectivity index (χ0n) is 13.0. The molecule has 1 aromatic rings. The fraction of sp³-hybridized carbons (Fsp3) is 0.667. The van der Waals surface area contributed by atoms with Gasteiger partial charge in [-0.15, -0.1) is 0 Å². The summed E-state index contributed by atoms with van der Waals surface area (Å²) in [6.45, 7) is 2.39. The number of piperidine rings is 1. The number of nitrogens with two attached hydrogens (primary N) is 1. The number of rotatable bonds is 4. The SMILES string of the molecule is Cc1nc(N)nc(N2CC[C@H](O)[C@@](CC3CC3)(C(=O)O)C2)c1Cl. The summed E-state index contributed by atoms with van der Waals surface area (Å²) in [4.78, 5) is 22.0. The van der Waals surface area contributed by atoms with Gasteiger partial charge in [-0.3, -0.25) is 4.79 Å². The van der Waals surface area contributed by atoms with E-state index in [0.29, 0.717) is 41.8 Å². The van der Waals surface area contributed by atoms with Crippen molar-refractivity contribution in [3.05, 3.63) is 10.7 Å². The van der Waals surface area contributed by atoms with Gasteiger partial charge < -0.3 is 20.8 Å². The molecule has 7 nitrogen and oxygen atoms in total. The molecule has 3 rings (SSSR count). The van der Waals surface area contributed by atoms with Gasteiger partial charge in [0.15, 0.2) is 5.82 Å². The summed E-state index contributed by atoms with van der Waals surface area (Å²) >= 11 is 6.29. The third-order valence-electron chi connectivity index (χ3n) is 4.88. The lowest BCUT2D eigenvalue weighted by Gasteiger charge is -2.44. The van der Waals surface area contributed by atoms with Gasteiger partial charge in [0, 0.05) is 13.1 Å². The Morgan fingerprint density at radius 1 is 1.43 bits per heavy atom. The highest BCUT2D eigenvalue weighted by atomic mass is 35.5. The first-order chi connectivity index (χ1) is 10.8. The molecule has 0 aromatic carbocycles. The number of carboxylic acid groups (broad SMARTS) is 1. The van der Waals surface area contributed by atoms with E-state index in [4.69, 9.17) is 17.3 Å². The van der Waals surface area contributed by atoms with Crippen molar-refractivity contribution < 1.29 is 15.0 Å². The summed E-state index contributed by atoms with van der Waals surface area (Å²) in [7, 11) is 0. The van der Waals surface area contributed by atoms with Gasteiger partial charge in [0.1, 0.15) is 10.4 Å². The molecule has 0 unspecified atom stereocenters. The van der Waals surface area contributed by atoms with Crippen molar-refractivity contribution in [2.45, 2.75) is 38.7 Å². The molecule has 0 spiro atoms. The van der Waals surface area contributed by atoms with Gasteiger partial charge >= 0.3 is 5.97 Å². The van der Waals surface area contributed by atoms with E-state index in [1.807, 2.05) is 4.90 Å². The zero-order chi connectivity index (χ0) is 16.8. The highest BCUT2D eigenvalue weighted by Gasteiger charge is 2.52. The molecule has 1 saturated heterocycles. The molecule has 2 fully saturated rings. The van der Waals surface area contributed by atoms with Gasteiger partial charge in [0.25, 0.3) is 0 Å². The Balaban J connectivity index is 1.94. The van der Waals surface area contributed by atoms with Crippen molar-refractivity contribution in [1.82, 2.24) is 9.97 Å². The molecule has 0 radical (unpaired) electrons. The van der Waals surface area contributed by atoms with Crippen molar-refractivity contribution >= 4 is 29.3 Å². The maximum absolute atomic E-state index is 12.0. The van der Waals surface area contributed by atoms with Crippen LogP contribution in [0, 0.1) is 18.3 Å². The largest absolute Gasteiger partial charge is 0.481 e. The lowest BCUT2D eigenvalue weighted by molar-refractivity contribution is -0.158. The maximum Gasteiger partial charge on any atom is 0.314 e. The molecule has 23 heavy (non-hydrogen) atoms. The number of hydrogen-bond acceptors (Lipinski definition) is 6. The third-order valence-corrected chi connectivity index (χ3v) is 5.32. The molecule has 8 heteroatoms. The topological polar surface area (TPSA) is 113 Å². The molecular weight excluding hydrogens is 320 g/mol. The van der Waals surface area contributed by atoms with E-state index in [9.17, 15) is 15.0 Å². The van der Waals surface area contributed by atoms with Crippen molar-refractivity contribution in [3.8, 4) is 0 Å². The normalized spacial score (nSPS) is 28.0. The lowest BCUT2D eigenvalue weighted by atomic mass is 9.73. The molecule has 1 aromatic heterocycles. The Kier molecular flexibility index (Phi) is 4.10. The minimum atomic E-state index is -1.18. The Morgan fingerprint density at radius 2 is 2.13 bits per heavy atom. The number of aryl methyl sites for hydroxylation is 1. The standard InChI is InChI=1S/C15H21ClN4O3/c1-8-11(16)12(19-14(17)18-8)20-5-4-10(21)15(7-20,13(22)23)6-9-2-3-9/h9-10,21H,2-7H2,1H3,(H,22,23)(H2,17,18,19)/t10-,15-/m0/s1. The van der Waals surface area contributed by atoms with Crippen LogP contribution in [0.1, 0.15) is 31.4 Å². The molecular formula is C15H21ClN4O3. The first-order valence-corrected chi connectivity index (χ1v) is 8.17. The van der Waals surface area contributed by atoms with Gasteiger partial charge in [-0.05, 0) is 25.7 Å². The summed E-state index contributed by atoms with van der Waals surface area (Å²) in [6.07, 6.45) is 2.04. The van der Waals surface area contributed by atoms with Gasteiger partial charge in [0.2, 0.25) is 5.95 Å². The fourth-order valence-electron chi connectivity index (χ4n) is 3.37. The number of anilines is 2. The number of carboxylic acids is 1. The molecule has 2 atom stereocenters. The predicted octanol–water partition coefficient (Wildman–Crippen LogP) is 1.46. The second kappa shape index (κ2) is 5.79. The number of aliphatic hydroxyl groups is 1. The third kappa shape index (κ3) is 2.95. The predicted molar refractivity (Wildman–Crippen MR) is 86.4 cm³/mol. The number of carbonyl (C=O) groups is 1. The monoisotopic (exact) mass is 340 g/mol. The minimum Gasteiger partial charge on any atom is -0.481 e. The van der Waals surface area contributed by atoms with Gasteiger partial charge in [0.05, 0.1) is 11.8 Å². The van der Waals surface area contributed by atoms with Crippen molar-refractivity contribution in [3.63, 3.8) is 0 Å². The fourth-order valence-corrected chi connectivity index (χ4v) is 3.57. The summed E-state index contributed by atoms with van der Waals surface area (Å²) in [5.41, 5.74) is 5.08. The Bertz CT molecular complexity index is 637. The van der Waals surface area contributed by atoms with E-state index in [1.165, 1.54) is 0 Å². The van der Waals surface area contributed by atoms with Crippen LogP contribution in [0.2, 0.25) is 5.02 Å². The number of aliphatic hydroxyl groups excluding tert-OH is 1. The van der Waals surface area contributed by atoms with E-state index in [1.54, 1.807) is 6.92 Å². The van der Waals surface area contributed by atoms with Crippen LogP contribution in [-0.2, 0) is 4.79 Å². The zero-order valence-corrected chi connectivity index (χ0v) is 13.8. The first-order valence-electron chi connectivity index (χ1n) is 7.79. The van der Waals surface area contributed by atoms with E-state index < -0.39 is 17.5 Å². The molecule has 0 amide bonds. The van der Waals surface area contributed by atoms with E-state index in [0.717, 1.165) is 12.8 Å². The van der Waals surface area contributed by atoms with E-state index in [-0.39, 0.29) is 12.5 Å². The first kappa shape index (κ1) is 16.3. The maximum atomic E-state index is 12.0. The van der Waals surface area contributed by atoms with Crippen molar-refractivity contribution in [1.29, 1.82) is 0 Å². The number of aromatic nitrogens is 2. The van der Waals surface area contributed by atoms with Crippen LogP contribution < -0.4 is 10.6 Å². The molecule has 2 aliphatic rings. The molecule has 0 bridgehead atoms. The van der Waals surface area contributed by atoms with Crippen molar-refractivity contribution in [2.24, 2.45) is 11.3 Å². The summed E-state index contributed by atoms with van der Waals surface area (Å²) in [5.74, 6) is -0.0222. The average Bonchev–Trinajstić information content (AvgIpc) is 3.29. The number of nitrogens with zero attached hydrogens (tertiary/aromatic N) is 3. The Morgan fingerprint density at radius 3 is 2.74 bits per heavy atom. The molecule has 2 heterocycles. The number of hydrogen-bond donors (Lipinski definition) is 3. The molecule has 4 N–H and O–H groups in total. The second-order valence-corrected chi connectivity index (χ2v) is 7.02. The Labute approximate surface area is 139 Å². The summed E-state index contributed by atoms with van der Waals surface area (Å²) in [6, 6.07) is 0. The number of aliphatic carboxylic acids is 1.